The van der Waals surface area contributed by atoms with Gasteiger partial charge in [-0.3, -0.25) is 0 Å². The van der Waals surface area contributed by atoms with Gasteiger partial charge in [-0.1, -0.05) is 0 Å². The molecule has 0 aliphatic carbocycles. The highest BCUT2D eigenvalue weighted by Crippen LogP contribution is 2.35. The maximum Gasteiger partial charge on any atom is 0.235 e. The van der Waals surface area contributed by atoms with Gasteiger partial charge in [-0.05, 0) is 48.5 Å². The van der Waals surface area contributed by atoms with Gasteiger partial charge in [0.2, 0.25) is 16.1 Å². The molecule has 1 atom stereocenters. The van der Waals surface area contributed by atoms with E-state index in [2.05, 4.69) is 0 Å². The molecule has 0 aromatic heterocycles. The number of hydrogen-bond acceptors (Lipinski definition) is 6. The zero-order valence-electron chi connectivity index (χ0n) is 13.1. The molecule has 0 radical (unpaired) electrons. The third-order valence-electron chi connectivity index (χ3n) is 3.68. The molecule has 3 rings (SSSR count). The van der Waals surface area contributed by atoms with Crippen LogP contribution < -0.4 is 14.2 Å². The number of aliphatic hydroxyl groups excluding tert-OH is 1. The minimum absolute atomic E-state index is 0.0450. The molecular weight excluding hydrogens is 332 g/mol. The van der Waals surface area contributed by atoms with Crippen LogP contribution in [0.15, 0.2) is 52.3 Å². The van der Waals surface area contributed by atoms with E-state index in [9.17, 15) is 13.5 Å². The second kappa shape index (κ2) is 6.18. The lowest BCUT2D eigenvalue weighted by Crippen LogP contribution is -2.27. The average molecular weight is 348 g/mol. The molecular formula is C17H16O6S. The first kappa shape index (κ1) is 16.4. The van der Waals surface area contributed by atoms with Gasteiger partial charge < -0.3 is 19.3 Å². The van der Waals surface area contributed by atoms with E-state index in [0.29, 0.717) is 22.8 Å². The number of fused-ring (bicyclic) bond motifs is 1. The molecule has 0 saturated heterocycles. The summed E-state index contributed by atoms with van der Waals surface area (Å²) in [5.41, 5.74) is 0.520. The van der Waals surface area contributed by atoms with Gasteiger partial charge in [0.25, 0.3) is 0 Å². The van der Waals surface area contributed by atoms with Crippen molar-refractivity contribution in [2.75, 3.05) is 14.2 Å². The Hall–Kier alpha value is -2.51. The first-order valence-corrected chi connectivity index (χ1v) is 8.57. The highest BCUT2D eigenvalue weighted by molar-refractivity contribution is 7.95. The normalized spacial score (nSPS) is 16.6. The Morgan fingerprint density at radius 2 is 1.62 bits per heavy atom. The van der Waals surface area contributed by atoms with E-state index in [0.717, 1.165) is 0 Å². The van der Waals surface area contributed by atoms with Crippen LogP contribution in [0, 0.1) is 0 Å². The van der Waals surface area contributed by atoms with Crippen LogP contribution in [0.3, 0.4) is 0 Å². The van der Waals surface area contributed by atoms with Crippen LogP contribution in [-0.4, -0.2) is 34.0 Å². The third-order valence-corrected chi connectivity index (χ3v) is 5.51. The van der Waals surface area contributed by atoms with Crippen molar-refractivity contribution in [1.82, 2.24) is 0 Å². The van der Waals surface area contributed by atoms with Crippen molar-refractivity contribution in [1.29, 1.82) is 0 Å². The predicted molar refractivity (Wildman–Crippen MR) is 87.8 cm³/mol. The van der Waals surface area contributed by atoms with Gasteiger partial charge in [-0.25, -0.2) is 8.42 Å². The van der Waals surface area contributed by atoms with Crippen LogP contribution in [0.4, 0.5) is 0 Å². The third kappa shape index (κ3) is 2.83. The average Bonchev–Trinajstić information content (AvgIpc) is 2.60. The van der Waals surface area contributed by atoms with Crippen molar-refractivity contribution >= 4 is 15.9 Å². The Morgan fingerprint density at radius 3 is 2.25 bits per heavy atom. The second-order valence-electron chi connectivity index (χ2n) is 5.10. The topological polar surface area (TPSA) is 82.1 Å². The standard InChI is InChI=1S/C17H16O6S/c1-21-12-3-6-14(7-4-12)24(19,20)16-10-11-9-13(22-2)5-8-15(11)23-17(16)18/h3-10,17-18H,1-2H3. The summed E-state index contributed by atoms with van der Waals surface area (Å²) in [6, 6.07) is 10.9. The van der Waals surface area contributed by atoms with E-state index in [1.807, 2.05) is 0 Å². The van der Waals surface area contributed by atoms with Crippen molar-refractivity contribution in [2.24, 2.45) is 0 Å². The van der Waals surface area contributed by atoms with Crippen molar-refractivity contribution < 1.29 is 27.7 Å². The molecule has 1 aliphatic heterocycles. The molecule has 0 bridgehead atoms. The first-order valence-electron chi connectivity index (χ1n) is 7.09. The van der Waals surface area contributed by atoms with Crippen molar-refractivity contribution in [3.05, 3.63) is 52.9 Å². The van der Waals surface area contributed by atoms with Gasteiger partial charge in [-0.15, -0.1) is 0 Å². The zero-order valence-corrected chi connectivity index (χ0v) is 13.9. The monoisotopic (exact) mass is 348 g/mol. The van der Waals surface area contributed by atoms with Gasteiger partial charge in [0, 0.05) is 5.56 Å². The lowest BCUT2D eigenvalue weighted by atomic mass is 10.1. The van der Waals surface area contributed by atoms with Crippen molar-refractivity contribution in [2.45, 2.75) is 11.2 Å². The number of sulfone groups is 1. The minimum Gasteiger partial charge on any atom is -0.497 e. The Morgan fingerprint density at radius 1 is 1.00 bits per heavy atom. The molecule has 6 nitrogen and oxygen atoms in total. The molecule has 0 amide bonds. The summed E-state index contributed by atoms with van der Waals surface area (Å²) < 4.78 is 41.0. The van der Waals surface area contributed by atoms with Crippen LogP contribution >= 0.6 is 0 Å². The Kier molecular flexibility index (Phi) is 4.21. The van der Waals surface area contributed by atoms with E-state index in [1.165, 1.54) is 32.4 Å². The Balaban J connectivity index is 2.06. The molecule has 0 spiro atoms. The van der Waals surface area contributed by atoms with Crippen LogP contribution in [0.25, 0.3) is 6.08 Å². The number of hydrogen-bond donors (Lipinski definition) is 1. The molecule has 1 heterocycles. The van der Waals surface area contributed by atoms with Gasteiger partial charge >= 0.3 is 0 Å². The lowest BCUT2D eigenvalue weighted by Gasteiger charge is -2.23. The molecule has 1 N–H and O–H groups in total. The molecule has 24 heavy (non-hydrogen) atoms. The molecule has 0 saturated carbocycles. The van der Waals surface area contributed by atoms with E-state index < -0.39 is 16.1 Å². The summed E-state index contributed by atoms with van der Waals surface area (Å²) in [5, 5.41) is 10.1. The van der Waals surface area contributed by atoms with Crippen molar-refractivity contribution in [3.8, 4) is 17.2 Å². The number of rotatable bonds is 4. The van der Waals surface area contributed by atoms with Gasteiger partial charge in [-0.2, -0.15) is 0 Å². The fourth-order valence-electron chi connectivity index (χ4n) is 2.38. The molecule has 1 aliphatic rings. The molecule has 7 heteroatoms. The number of aliphatic hydroxyl groups is 1. The molecule has 2 aromatic rings. The lowest BCUT2D eigenvalue weighted by molar-refractivity contribution is 0.0189. The fourth-order valence-corrected chi connectivity index (χ4v) is 3.74. The summed E-state index contributed by atoms with van der Waals surface area (Å²) in [6.07, 6.45) is -0.177. The quantitative estimate of drug-likeness (QED) is 0.912. The van der Waals surface area contributed by atoms with Gasteiger partial charge in [0.15, 0.2) is 0 Å². The summed E-state index contributed by atoms with van der Waals surface area (Å²) in [7, 11) is -0.901. The van der Waals surface area contributed by atoms with Crippen molar-refractivity contribution in [3.63, 3.8) is 0 Å². The first-order chi connectivity index (χ1) is 11.5. The van der Waals surface area contributed by atoms with E-state index >= 15 is 0 Å². The van der Waals surface area contributed by atoms with Crippen LogP contribution in [0.1, 0.15) is 5.56 Å². The Labute approximate surface area is 139 Å². The smallest absolute Gasteiger partial charge is 0.235 e. The molecule has 0 fully saturated rings. The summed E-state index contributed by atoms with van der Waals surface area (Å²) in [5.74, 6) is 1.49. The second-order valence-corrected chi connectivity index (χ2v) is 7.05. The maximum absolute atomic E-state index is 12.8. The number of benzene rings is 2. The summed E-state index contributed by atoms with van der Waals surface area (Å²) >= 11 is 0. The molecule has 126 valence electrons. The van der Waals surface area contributed by atoms with Gasteiger partial charge in [0.05, 0.1) is 19.1 Å². The number of methoxy groups -OCH3 is 2. The number of ether oxygens (including phenoxy) is 3. The van der Waals surface area contributed by atoms with E-state index in [4.69, 9.17) is 14.2 Å². The fraction of sp³-hybridized carbons (Fsp3) is 0.176. The zero-order chi connectivity index (χ0) is 17.3. The van der Waals surface area contributed by atoms with Crippen LogP contribution in [0.5, 0.6) is 17.2 Å². The highest BCUT2D eigenvalue weighted by Gasteiger charge is 2.32. The predicted octanol–water partition coefficient (Wildman–Crippen LogP) is 2.23. The largest absolute Gasteiger partial charge is 0.497 e. The molecule has 2 aromatic carbocycles. The summed E-state index contributed by atoms with van der Waals surface area (Å²) in [6.45, 7) is 0. The highest BCUT2D eigenvalue weighted by atomic mass is 32.2. The minimum atomic E-state index is -3.91. The van der Waals surface area contributed by atoms with Gasteiger partial charge in [0.1, 0.15) is 22.2 Å². The van der Waals surface area contributed by atoms with Crippen LogP contribution in [0.2, 0.25) is 0 Å². The Bertz CT molecular complexity index is 884. The van der Waals surface area contributed by atoms with E-state index in [-0.39, 0.29) is 9.80 Å². The van der Waals surface area contributed by atoms with Crippen LogP contribution in [-0.2, 0) is 9.84 Å². The SMILES string of the molecule is COc1ccc(S(=O)(=O)C2=Cc3cc(OC)ccc3OC2O)cc1. The van der Waals surface area contributed by atoms with E-state index in [1.54, 1.807) is 30.3 Å². The molecule has 1 unspecified atom stereocenters. The maximum atomic E-state index is 12.8. The summed E-state index contributed by atoms with van der Waals surface area (Å²) in [4.78, 5) is -0.183.